The van der Waals surface area contributed by atoms with Gasteiger partial charge in [-0.1, -0.05) is 38.0 Å². The lowest BCUT2D eigenvalue weighted by molar-refractivity contribution is 0.00375. The highest BCUT2D eigenvalue weighted by atomic mass is 31.0. The Morgan fingerprint density at radius 3 is 1.67 bits per heavy atom. The summed E-state index contributed by atoms with van der Waals surface area (Å²) in [5, 5.41) is 0. The Kier molecular flexibility index (Phi) is 2.24. The van der Waals surface area contributed by atoms with Gasteiger partial charge in [0.15, 0.2) is 0 Å². The summed E-state index contributed by atoms with van der Waals surface area (Å²) in [4.78, 5) is 0. The van der Waals surface area contributed by atoms with Crippen LogP contribution < -0.4 is 0 Å². The topological polar surface area (TPSA) is 0 Å². The largest absolute Gasteiger partial charge is 1.49 e. The minimum Gasteiger partial charge on any atom is -1.49 e. The summed E-state index contributed by atoms with van der Waals surface area (Å²) in [6.07, 6.45) is 11.4. The number of hydrogen-bond acceptors (Lipinski definition) is 0. The molecule has 0 unspecified atom stereocenters. The van der Waals surface area contributed by atoms with E-state index >= 15 is 0 Å². The minimum atomic E-state index is 0.667. The summed E-state index contributed by atoms with van der Waals surface area (Å²) < 4.78 is 0. The third-order valence-electron chi connectivity index (χ3n) is 4.64. The maximum Gasteiger partial charge on any atom is -0.0300 e. The summed E-state index contributed by atoms with van der Waals surface area (Å²) >= 11 is 0. The fraction of sp³-hybridized carbons (Fsp3) is 1.00. The van der Waals surface area contributed by atoms with Crippen LogP contribution in [-0.2, 0) is 0 Å². The molecule has 0 amide bonds. The molecular formula is C11H19P-2. The maximum atomic E-state index is 4.51. The van der Waals surface area contributed by atoms with Crippen molar-refractivity contribution in [2.45, 2.75) is 51.9 Å². The van der Waals surface area contributed by atoms with E-state index in [1.165, 1.54) is 44.9 Å². The van der Waals surface area contributed by atoms with Crippen LogP contribution in [0.15, 0.2) is 0 Å². The molecule has 0 atom stereocenters. The van der Waals surface area contributed by atoms with E-state index in [1.807, 2.05) is 0 Å². The van der Waals surface area contributed by atoms with E-state index < -0.39 is 0 Å². The third-order valence-corrected chi connectivity index (χ3v) is 5.31. The predicted molar refractivity (Wildman–Crippen MR) is 54.6 cm³/mol. The first-order chi connectivity index (χ1) is 5.74. The quantitative estimate of drug-likeness (QED) is 0.563. The van der Waals surface area contributed by atoms with Crippen molar-refractivity contribution < 1.29 is 0 Å². The first kappa shape index (κ1) is 9.00. The van der Waals surface area contributed by atoms with Crippen LogP contribution >= 0.6 is 9.24 Å². The van der Waals surface area contributed by atoms with Gasteiger partial charge < -0.3 is 15.4 Å². The lowest BCUT2D eigenvalue weighted by Gasteiger charge is -2.61. The molecule has 3 aliphatic carbocycles. The molecule has 2 bridgehead atoms. The van der Waals surface area contributed by atoms with E-state index in [0.717, 1.165) is 11.6 Å². The van der Waals surface area contributed by atoms with Crippen molar-refractivity contribution >= 4 is 9.24 Å². The molecule has 0 spiro atoms. The molecule has 3 saturated carbocycles. The van der Waals surface area contributed by atoms with Gasteiger partial charge in [0, 0.05) is 0 Å². The van der Waals surface area contributed by atoms with Crippen LogP contribution in [0.5, 0.6) is 0 Å². The second-order valence-corrected chi connectivity index (χ2v) is 5.33. The van der Waals surface area contributed by atoms with E-state index in [-0.39, 0.29) is 0 Å². The highest BCUT2D eigenvalue weighted by Crippen LogP contribution is 2.58. The summed E-state index contributed by atoms with van der Waals surface area (Å²) in [6.45, 7) is 2.37. The van der Waals surface area contributed by atoms with Crippen LogP contribution in [0, 0.1) is 10.8 Å². The predicted octanol–water partition coefficient (Wildman–Crippen LogP) is 4.15. The highest BCUT2D eigenvalue weighted by Gasteiger charge is 2.43. The van der Waals surface area contributed by atoms with Gasteiger partial charge in [-0.25, -0.2) is 0 Å². The number of fused-ring (bicyclic) bond motifs is 3. The van der Waals surface area contributed by atoms with Crippen molar-refractivity contribution in [3.63, 3.8) is 0 Å². The van der Waals surface area contributed by atoms with Gasteiger partial charge in [0.25, 0.3) is 0 Å². The van der Waals surface area contributed by atoms with Crippen LogP contribution in [0.2, 0.25) is 0 Å². The van der Waals surface area contributed by atoms with E-state index in [0.29, 0.717) is 5.41 Å². The molecule has 0 radical (unpaired) electrons. The van der Waals surface area contributed by atoms with Crippen molar-refractivity contribution in [1.82, 2.24) is 0 Å². The standard InChI is InChI=1S/C11H19P/c1-2-10-3-6-11(9-12,7-4-10)8-5-10/h2-9H2,1H3/q-2. The van der Waals surface area contributed by atoms with Crippen LogP contribution in [0.25, 0.3) is 0 Å². The molecule has 0 heterocycles. The second kappa shape index (κ2) is 2.98. The zero-order chi connectivity index (χ0) is 8.66. The first-order valence-corrected chi connectivity index (χ1v) is 5.98. The molecule has 3 rings (SSSR count). The Balaban J connectivity index is 2.09. The van der Waals surface area contributed by atoms with Gasteiger partial charge >= 0.3 is 0 Å². The molecule has 0 aromatic rings. The molecule has 1 heteroatoms. The van der Waals surface area contributed by atoms with Crippen LogP contribution in [-0.4, -0.2) is 6.16 Å². The summed E-state index contributed by atoms with van der Waals surface area (Å²) in [6, 6.07) is 0. The monoisotopic (exact) mass is 182 g/mol. The van der Waals surface area contributed by atoms with Gasteiger partial charge in [-0.15, -0.1) is 0 Å². The molecule has 0 aliphatic heterocycles. The van der Waals surface area contributed by atoms with Crippen molar-refractivity contribution in [2.75, 3.05) is 6.16 Å². The van der Waals surface area contributed by atoms with Gasteiger partial charge in [0.2, 0.25) is 0 Å². The average Bonchev–Trinajstić information content (AvgIpc) is 2.21. The van der Waals surface area contributed by atoms with Gasteiger partial charge in [0.1, 0.15) is 0 Å². The van der Waals surface area contributed by atoms with Gasteiger partial charge in [-0.05, 0) is 24.7 Å². The van der Waals surface area contributed by atoms with Crippen molar-refractivity contribution in [2.24, 2.45) is 10.8 Å². The van der Waals surface area contributed by atoms with Crippen molar-refractivity contribution in [3.8, 4) is 0 Å². The number of hydrogen-bond donors (Lipinski definition) is 0. The van der Waals surface area contributed by atoms with E-state index in [4.69, 9.17) is 0 Å². The summed E-state index contributed by atoms with van der Waals surface area (Å²) in [5.74, 6) is 0. The lowest BCUT2D eigenvalue weighted by atomic mass is 9.53. The Hall–Kier alpha value is 0.430. The maximum absolute atomic E-state index is 4.51. The summed E-state index contributed by atoms with van der Waals surface area (Å²) in [7, 11) is 4.51. The lowest BCUT2D eigenvalue weighted by Crippen LogP contribution is -2.41. The Morgan fingerprint density at radius 2 is 1.33 bits per heavy atom. The number of rotatable bonds is 2. The fourth-order valence-electron chi connectivity index (χ4n) is 3.11. The third kappa shape index (κ3) is 1.23. The van der Waals surface area contributed by atoms with Crippen molar-refractivity contribution in [3.05, 3.63) is 0 Å². The molecule has 0 nitrogen and oxygen atoms in total. The molecule has 3 fully saturated rings. The molecular weight excluding hydrogens is 163 g/mol. The highest BCUT2D eigenvalue weighted by molar-refractivity contribution is 7.16. The average molecular weight is 182 g/mol. The van der Waals surface area contributed by atoms with E-state index in [9.17, 15) is 0 Å². The SMILES string of the molecule is CCC12CCC(C[P-2])(CC1)CC2. The molecule has 0 aromatic heterocycles. The van der Waals surface area contributed by atoms with Crippen LogP contribution in [0.1, 0.15) is 51.9 Å². The normalized spacial score (nSPS) is 46.5. The fourth-order valence-corrected chi connectivity index (χ4v) is 3.58. The molecule has 0 saturated heterocycles. The van der Waals surface area contributed by atoms with Gasteiger partial charge in [-0.3, -0.25) is 0 Å². The van der Waals surface area contributed by atoms with Crippen molar-refractivity contribution in [1.29, 1.82) is 0 Å². The second-order valence-electron chi connectivity index (χ2n) is 5.01. The molecule has 12 heavy (non-hydrogen) atoms. The van der Waals surface area contributed by atoms with Crippen LogP contribution in [0.4, 0.5) is 0 Å². The van der Waals surface area contributed by atoms with Gasteiger partial charge in [-0.2, -0.15) is 0 Å². The minimum absolute atomic E-state index is 0.667. The zero-order valence-electron chi connectivity index (χ0n) is 8.10. The zero-order valence-corrected chi connectivity index (χ0v) is 9.00. The molecule has 0 N–H and O–H groups in total. The first-order valence-electron chi connectivity index (χ1n) is 5.35. The van der Waals surface area contributed by atoms with Gasteiger partial charge in [0.05, 0.1) is 0 Å². The molecule has 0 aromatic carbocycles. The molecule has 3 aliphatic rings. The van der Waals surface area contributed by atoms with Crippen LogP contribution in [0.3, 0.4) is 0 Å². The Morgan fingerprint density at radius 1 is 0.917 bits per heavy atom. The summed E-state index contributed by atoms with van der Waals surface area (Å²) in [5.41, 5.74) is 1.44. The van der Waals surface area contributed by atoms with E-state index in [2.05, 4.69) is 16.2 Å². The Bertz CT molecular complexity index is 129. The Labute approximate surface area is 78.7 Å². The smallest absolute Gasteiger partial charge is 0.0300 e. The van der Waals surface area contributed by atoms with E-state index in [1.54, 1.807) is 0 Å². The molecule has 70 valence electrons.